The predicted octanol–water partition coefficient (Wildman–Crippen LogP) is 7.04. The third kappa shape index (κ3) is 10.8. The largest absolute Gasteiger partial charge is 0.467 e. The molecule has 5 aromatic carbocycles. The quantitative estimate of drug-likeness (QED) is 0.103. The van der Waals surface area contributed by atoms with E-state index in [0.29, 0.717) is 6.42 Å². The first-order valence-electron chi connectivity index (χ1n) is 20.2. The van der Waals surface area contributed by atoms with Gasteiger partial charge < -0.3 is 30.0 Å². The number of esters is 1. The standard InChI is InChI=1S/C48H54N4O6/c1-34-44(32-52-26-24-51(25-27-52)31-36-12-7-4-8-13-36)57-47(58-45(34)40-18-16-37(33-53)17-19-40)41-22-20-39(21-23-41)42-15-9-14-38(28-42)30-49-48(55)50-43(46(54)56-2)29-35-10-5-3-6-11-35/h3-23,28,34,43-45,47,53H,24-27,29-33H2,1-2H3,(H2,49,50,55)/t34-,43-,44+,45+,47+/m0/s1. The number of hydrogen-bond acceptors (Lipinski definition) is 8. The summed E-state index contributed by atoms with van der Waals surface area (Å²) in [5, 5.41) is 15.3. The summed E-state index contributed by atoms with van der Waals surface area (Å²) in [6.07, 6.45) is -0.460. The van der Waals surface area contributed by atoms with Gasteiger partial charge in [0.1, 0.15) is 6.04 Å². The van der Waals surface area contributed by atoms with Crippen LogP contribution in [0.25, 0.3) is 11.1 Å². The van der Waals surface area contributed by atoms with Crippen molar-refractivity contribution in [3.8, 4) is 11.1 Å². The maximum atomic E-state index is 12.9. The van der Waals surface area contributed by atoms with Crippen LogP contribution in [0.1, 0.15) is 52.7 Å². The zero-order chi connectivity index (χ0) is 40.3. The fourth-order valence-electron chi connectivity index (χ4n) is 7.82. The first-order chi connectivity index (χ1) is 28.3. The van der Waals surface area contributed by atoms with Crippen molar-refractivity contribution in [2.45, 2.75) is 57.6 Å². The van der Waals surface area contributed by atoms with Crippen LogP contribution >= 0.6 is 0 Å². The number of carbonyl (C=O) groups excluding carboxylic acids is 2. The molecule has 10 nitrogen and oxygen atoms in total. The van der Waals surface area contributed by atoms with Gasteiger partial charge in [-0.3, -0.25) is 9.80 Å². The van der Waals surface area contributed by atoms with E-state index < -0.39 is 24.3 Å². The minimum absolute atomic E-state index is 0.000271. The molecule has 5 atom stereocenters. The SMILES string of the molecule is COC(=O)[C@H](Cc1ccccc1)NC(=O)NCc1cccc(-c2ccc([C@@H]3O[C@H](CN4CCN(Cc5ccccc5)CC4)[C@H](C)[C@H](c4ccc(CO)cc4)O3)cc2)c1. The number of ether oxygens (including phenoxy) is 3. The van der Waals surface area contributed by atoms with Crippen LogP contribution in [0.3, 0.4) is 0 Å². The van der Waals surface area contributed by atoms with Crippen LogP contribution in [0.5, 0.6) is 0 Å². The van der Waals surface area contributed by atoms with Crippen LogP contribution in [-0.2, 0) is 45.1 Å². The zero-order valence-electron chi connectivity index (χ0n) is 33.3. The normalized spacial score (nSPS) is 20.5. The van der Waals surface area contributed by atoms with Crippen molar-refractivity contribution < 1.29 is 28.9 Å². The highest BCUT2D eigenvalue weighted by Gasteiger charge is 2.39. The van der Waals surface area contributed by atoms with E-state index >= 15 is 0 Å². The van der Waals surface area contributed by atoms with Gasteiger partial charge in [-0.2, -0.15) is 0 Å². The number of rotatable bonds is 14. The number of nitrogens with zero attached hydrogens (tertiary/aromatic N) is 2. The molecule has 0 spiro atoms. The number of urea groups is 1. The molecule has 302 valence electrons. The molecule has 2 aliphatic rings. The maximum absolute atomic E-state index is 12.9. The van der Waals surface area contributed by atoms with E-state index in [2.05, 4.69) is 94.1 Å². The molecule has 0 aliphatic carbocycles. The van der Waals surface area contributed by atoms with Crippen LogP contribution in [0.2, 0.25) is 0 Å². The molecule has 2 saturated heterocycles. The van der Waals surface area contributed by atoms with E-state index in [4.69, 9.17) is 14.2 Å². The summed E-state index contributed by atoms with van der Waals surface area (Å²) >= 11 is 0. The van der Waals surface area contributed by atoms with E-state index in [9.17, 15) is 14.7 Å². The molecular formula is C48H54N4O6. The van der Waals surface area contributed by atoms with Crippen LogP contribution in [0.15, 0.2) is 133 Å². The third-order valence-electron chi connectivity index (χ3n) is 11.2. The molecule has 2 amide bonds. The van der Waals surface area contributed by atoms with Crippen molar-refractivity contribution in [2.75, 3.05) is 39.8 Å². The highest BCUT2D eigenvalue weighted by molar-refractivity contribution is 5.83. The summed E-state index contributed by atoms with van der Waals surface area (Å²) in [4.78, 5) is 30.4. The van der Waals surface area contributed by atoms with Gasteiger partial charge in [-0.05, 0) is 45.0 Å². The highest BCUT2D eigenvalue weighted by Crippen LogP contribution is 2.42. The number of amides is 2. The summed E-state index contributed by atoms with van der Waals surface area (Å²) in [7, 11) is 1.32. The average molecular weight is 783 g/mol. The van der Waals surface area contributed by atoms with E-state index in [1.54, 1.807) is 0 Å². The number of nitrogens with one attached hydrogen (secondary N) is 2. The molecule has 5 aromatic rings. The molecule has 0 bridgehead atoms. The van der Waals surface area contributed by atoms with Crippen LogP contribution in [-0.4, -0.2) is 78.9 Å². The number of carbonyl (C=O) groups is 2. The zero-order valence-corrected chi connectivity index (χ0v) is 33.3. The maximum Gasteiger partial charge on any atom is 0.328 e. The minimum Gasteiger partial charge on any atom is -0.467 e. The van der Waals surface area contributed by atoms with Crippen molar-refractivity contribution in [3.63, 3.8) is 0 Å². The van der Waals surface area contributed by atoms with Gasteiger partial charge >= 0.3 is 12.0 Å². The molecule has 2 aliphatic heterocycles. The molecule has 2 heterocycles. The summed E-state index contributed by atoms with van der Waals surface area (Å²) in [5.41, 5.74) is 8.10. The van der Waals surface area contributed by atoms with Gasteiger partial charge in [-0.15, -0.1) is 0 Å². The van der Waals surface area contributed by atoms with Gasteiger partial charge in [0.25, 0.3) is 0 Å². The number of hydrogen-bond donors (Lipinski definition) is 3. The Balaban J connectivity index is 0.995. The Labute approximate surface area is 341 Å². The summed E-state index contributed by atoms with van der Waals surface area (Å²) < 4.78 is 18.5. The summed E-state index contributed by atoms with van der Waals surface area (Å²) in [5.74, 6) is -0.398. The average Bonchev–Trinajstić information content (AvgIpc) is 3.27. The number of aliphatic hydroxyl groups is 1. The topological polar surface area (TPSA) is 113 Å². The Hall–Kier alpha value is -5.36. The summed E-state index contributed by atoms with van der Waals surface area (Å²) in [6.45, 7) is 8.27. The highest BCUT2D eigenvalue weighted by atomic mass is 16.7. The van der Waals surface area contributed by atoms with Crippen molar-refractivity contribution in [1.82, 2.24) is 20.4 Å². The van der Waals surface area contributed by atoms with Crippen LogP contribution in [0.4, 0.5) is 4.79 Å². The van der Waals surface area contributed by atoms with E-state index in [1.165, 1.54) is 12.7 Å². The van der Waals surface area contributed by atoms with E-state index in [0.717, 1.165) is 78.2 Å². The lowest BCUT2D eigenvalue weighted by Gasteiger charge is -2.44. The number of benzene rings is 5. The molecule has 2 fully saturated rings. The fraction of sp³-hybridized carbons (Fsp3) is 0.333. The molecule has 0 unspecified atom stereocenters. The van der Waals surface area contributed by atoms with E-state index in [-0.39, 0.29) is 31.3 Å². The number of aliphatic hydroxyl groups excluding tert-OH is 1. The van der Waals surface area contributed by atoms with Crippen molar-refractivity contribution in [1.29, 1.82) is 0 Å². The molecule has 58 heavy (non-hydrogen) atoms. The second kappa shape index (κ2) is 19.9. The van der Waals surface area contributed by atoms with Gasteiger partial charge in [0.15, 0.2) is 6.29 Å². The molecule has 0 radical (unpaired) electrons. The molecule has 10 heteroatoms. The minimum atomic E-state index is -0.809. The number of piperazine rings is 1. The lowest BCUT2D eigenvalue weighted by molar-refractivity contribution is -0.276. The molecule has 3 N–H and O–H groups in total. The van der Waals surface area contributed by atoms with Gasteiger partial charge in [-0.1, -0.05) is 134 Å². The molecule has 0 saturated carbocycles. The first-order valence-corrected chi connectivity index (χ1v) is 20.2. The van der Waals surface area contributed by atoms with Crippen LogP contribution in [0, 0.1) is 5.92 Å². The van der Waals surface area contributed by atoms with Gasteiger partial charge in [0.2, 0.25) is 0 Å². The Morgan fingerprint density at radius 2 is 1.36 bits per heavy atom. The Morgan fingerprint density at radius 1 is 0.724 bits per heavy atom. The lowest BCUT2D eigenvalue weighted by Crippen LogP contribution is -2.51. The second-order valence-corrected chi connectivity index (χ2v) is 15.3. The fourth-order valence-corrected chi connectivity index (χ4v) is 7.82. The predicted molar refractivity (Wildman–Crippen MR) is 224 cm³/mol. The van der Waals surface area contributed by atoms with Gasteiger partial charge in [0.05, 0.1) is 25.9 Å². The monoisotopic (exact) mass is 782 g/mol. The molecule has 7 rings (SSSR count). The Bertz CT molecular complexity index is 2060. The smallest absolute Gasteiger partial charge is 0.328 e. The lowest BCUT2D eigenvalue weighted by atomic mass is 9.89. The van der Waals surface area contributed by atoms with Crippen LogP contribution < -0.4 is 10.6 Å². The van der Waals surface area contributed by atoms with Crippen molar-refractivity contribution in [2.24, 2.45) is 5.92 Å². The number of methoxy groups -OCH3 is 1. The van der Waals surface area contributed by atoms with Gasteiger partial charge in [-0.25, -0.2) is 9.59 Å². The Kier molecular flexibility index (Phi) is 14.0. The van der Waals surface area contributed by atoms with E-state index in [1.807, 2.05) is 66.7 Å². The molecule has 0 aromatic heterocycles. The third-order valence-corrected chi connectivity index (χ3v) is 11.2. The second-order valence-electron chi connectivity index (χ2n) is 15.3. The van der Waals surface area contributed by atoms with Gasteiger partial charge in [0, 0.05) is 63.7 Å². The molecular weight excluding hydrogens is 729 g/mol. The first kappa shape index (κ1) is 40.8. The van der Waals surface area contributed by atoms with Crippen molar-refractivity contribution >= 4 is 12.0 Å². The Morgan fingerprint density at radius 3 is 2.03 bits per heavy atom. The van der Waals surface area contributed by atoms with Crippen molar-refractivity contribution in [3.05, 3.63) is 167 Å². The summed E-state index contributed by atoms with van der Waals surface area (Å²) in [6, 6.07) is 43.3.